The summed E-state index contributed by atoms with van der Waals surface area (Å²) in [6.07, 6.45) is 1.14. The van der Waals surface area contributed by atoms with E-state index in [1.54, 1.807) is 38.4 Å². The maximum atomic E-state index is 14.6. The van der Waals surface area contributed by atoms with E-state index in [-0.39, 0.29) is 48.3 Å². The Morgan fingerprint density at radius 1 is 1.36 bits per heavy atom. The first-order valence-electron chi connectivity index (χ1n) is 13.5. The smallest absolute Gasteiger partial charge is 0.338 e. The van der Waals surface area contributed by atoms with Crippen molar-refractivity contribution in [1.29, 1.82) is 0 Å². The Hall–Kier alpha value is -3.39. The number of hydrogen-bond donors (Lipinski definition) is 2. The van der Waals surface area contributed by atoms with Crippen LogP contribution in [0.2, 0.25) is 5.02 Å². The number of nitrogens with one attached hydrogen (secondary N) is 1. The van der Waals surface area contributed by atoms with Gasteiger partial charge in [-0.1, -0.05) is 23.7 Å². The van der Waals surface area contributed by atoms with E-state index in [0.717, 1.165) is 0 Å². The molecule has 3 aliphatic rings. The zero-order valence-corrected chi connectivity index (χ0v) is 24.9. The standard InChI is InChI=1S/C28H31ClFN5O6S/c1-4-40-26(37)19-17(12-34-9-10-41-18-13-35(25(36)22(18)34)14-28(2,3)27(38)39)32-23(24-31-8-11-42-24)33-21(19)15-6-5-7-16(30)20(15)29/h5-8,11,18,21-22H,4,9-10,12-14H2,1-3H3,(H,32,33)(H,38,39). The van der Waals surface area contributed by atoms with Gasteiger partial charge in [0, 0.05) is 49.0 Å². The summed E-state index contributed by atoms with van der Waals surface area (Å²) in [7, 11) is 0. The number of carboxylic acid groups (broad SMARTS) is 1. The maximum absolute atomic E-state index is 14.6. The minimum absolute atomic E-state index is 0.0292. The quantitative estimate of drug-likeness (QED) is 0.407. The molecular weight excluding hydrogens is 589 g/mol. The number of fused-ring (bicyclic) bond motifs is 1. The second kappa shape index (κ2) is 12.1. The lowest BCUT2D eigenvalue weighted by atomic mass is 9.93. The number of halogens is 2. The lowest BCUT2D eigenvalue weighted by Gasteiger charge is -2.37. The monoisotopic (exact) mass is 619 g/mol. The summed E-state index contributed by atoms with van der Waals surface area (Å²) in [4.78, 5) is 51.4. The summed E-state index contributed by atoms with van der Waals surface area (Å²) in [5, 5.41) is 15.0. The van der Waals surface area contributed by atoms with Gasteiger partial charge in [0.05, 0.1) is 35.3 Å². The average Bonchev–Trinajstić information content (AvgIpc) is 3.59. The third-order valence-electron chi connectivity index (χ3n) is 7.48. The van der Waals surface area contributed by atoms with Crippen LogP contribution in [0.1, 0.15) is 37.4 Å². The summed E-state index contributed by atoms with van der Waals surface area (Å²) in [6, 6.07) is 2.63. The van der Waals surface area contributed by atoms with E-state index < -0.39 is 41.4 Å². The number of nitrogens with zero attached hydrogens (tertiary/aromatic N) is 4. The number of aromatic nitrogens is 1. The number of amides is 1. The molecule has 224 valence electrons. The van der Waals surface area contributed by atoms with Crippen molar-refractivity contribution in [2.75, 3.05) is 39.4 Å². The zero-order chi connectivity index (χ0) is 30.2. The highest BCUT2D eigenvalue weighted by Gasteiger charge is 2.49. The van der Waals surface area contributed by atoms with Gasteiger partial charge >= 0.3 is 11.9 Å². The number of carboxylic acids is 1. The van der Waals surface area contributed by atoms with E-state index in [9.17, 15) is 23.9 Å². The number of amidine groups is 1. The lowest BCUT2D eigenvalue weighted by molar-refractivity contribution is -0.149. The van der Waals surface area contributed by atoms with Crippen LogP contribution in [-0.2, 0) is 23.9 Å². The predicted octanol–water partition coefficient (Wildman–Crippen LogP) is 2.87. The molecule has 3 unspecified atom stereocenters. The van der Waals surface area contributed by atoms with E-state index >= 15 is 0 Å². The first kappa shape index (κ1) is 30.1. The zero-order valence-electron chi connectivity index (χ0n) is 23.3. The molecule has 1 aromatic carbocycles. The molecule has 0 spiro atoms. The summed E-state index contributed by atoms with van der Waals surface area (Å²) in [6.45, 7) is 6.01. The number of benzene rings is 1. The summed E-state index contributed by atoms with van der Waals surface area (Å²) < 4.78 is 26.0. The molecule has 5 rings (SSSR count). The van der Waals surface area contributed by atoms with Gasteiger partial charge in [0.25, 0.3) is 0 Å². The van der Waals surface area contributed by atoms with Gasteiger partial charge in [-0.25, -0.2) is 14.2 Å². The number of carbonyl (C=O) groups excluding carboxylic acids is 2. The van der Waals surface area contributed by atoms with Crippen LogP contribution in [0.25, 0.3) is 0 Å². The number of ether oxygens (including phenoxy) is 2. The summed E-state index contributed by atoms with van der Waals surface area (Å²) in [5.74, 6) is -2.19. The Bertz CT molecular complexity index is 1450. The normalized spacial score (nSPS) is 23.0. The average molecular weight is 620 g/mol. The Labute approximate surface area is 251 Å². The highest BCUT2D eigenvalue weighted by molar-refractivity contribution is 7.11. The molecule has 0 bridgehead atoms. The second-order valence-corrected chi connectivity index (χ2v) is 12.1. The van der Waals surface area contributed by atoms with Gasteiger partial charge in [0.15, 0.2) is 10.8 Å². The van der Waals surface area contributed by atoms with Crippen molar-refractivity contribution in [1.82, 2.24) is 20.1 Å². The van der Waals surface area contributed by atoms with Crippen LogP contribution < -0.4 is 5.32 Å². The number of esters is 1. The SMILES string of the molecule is CCOC(=O)C1=C(CN2CCOC3CN(CC(C)(C)C(=O)O)C(=O)C32)NC(c2nccs2)=NC1c1cccc(F)c1Cl. The number of morpholine rings is 1. The van der Waals surface area contributed by atoms with Crippen molar-refractivity contribution in [3.63, 3.8) is 0 Å². The molecule has 3 atom stereocenters. The van der Waals surface area contributed by atoms with E-state index in [0.29, 0.717) is 29.7 Å². The van der Waals surface area contributed by atoms with E-state index in [4.69, 9.17) is 26.1 Å². The van der Waals surface area contributed by atoms with Crippen molar-refractivity contribution in [2.45, 2.75) is 39.0 Å². The number of thiazole rings is 1. The van der Waals surface area contributed by atoms with Gasteiger partial charge in [-0.05, 0) is 26.8 Å². The Kier molecular flexibility index (Phi) is 8.65. The molecule has 0 radical (unpaired) electrons. The van der Waals surface area contributed by atoms with Gasteiger partial charge in [-0.3, -0.25) is 19.5 Å². The van der Waals surface area contributed by atoms with Crippen LogP contribution in [0.15, 0.2) is 46.0 Å². The number of likely N-dealkylation sites (tertiary alicyclic amines) is 1. The molecule has 14 heteroatoms. The third kappa shape index (κ3) is 5.78. The fraction of sp³-hybridized carbons (Fsp3) is 0.464. The van der Waals surface area contributed by atoms with Gasteiger partial charge in [0.2, 0.25) is 5.91 Å². The molecule has 11 nitrogen and oxygen atoms in total. The van der Waals surface area contributed by atoms with Crippen molar-refractivity contribution >= 4 is 46.6 Å². The highest BCUT2D eigenvalue weighted by atomic mass is 35.5. The van der Waals surface area contributed by atoms with Crippen LogP contribution >= 0.6 is 22.9 Å². The summed E-state index contributed by atoms with van der Waals surface area (Å²) >= 11 is 7.73. The second-order valence-electron chi connectivity index (χ2n) is 10.8. The van der Waals surface area contributed by atoms with Gasteiger partial charge in [-0.15, -0.1) is 11.3 Å². The highest BCUT2D eigenvalue weighted by Crippen LogP contribution is 2.38. The number of hydrogen-bond acceptors (Lipinski definition) is 10. The van der Waals surface area contributed by atoms with Crippen LogP contribution in [0.5, 0.6) is 0 Å². The molecule has 1 aromatic heterocycles. The molecule has 3 aliphatic heterocycles. The lowest BCUT2D eigenvalue weighted by Crippen LogP contribution is -2.54. The Balaban J connectivity index is 1.54. The largest absolute Gasteiger partial charge is 0.481 e. The fourth-order valence-electron chi connectivity index (χ4n) is 5.39. The van der Waals surface area contributed by atoms with Crippen molar-refractivity contribution < 1.29 is 33.4 Å². The fourth-order valence-corrected chi connectivity index (χ4v) is 6.21. The minimum atomic E-state index is -1.14. The molecule has 2 saturated heterocycles. The van der Waals surface area contributed by atoms with Crippen molar-refractivity contribution in [3.8, 4) is 0 Å². The van der Waals surface area contributed by atoms with Crippen LogP contribution in [0.3, 0.4) is 0 Å². The van der Waals surface area contributed by atoms with E-state index in [1.165, 1.54) is 28.4 Å². The Morgan fingerprint density at radius 2 is 2.14 bits per heavy atom. The van der Waals surface area contributed by atoms with Crippen molar-refractivity contribution in [2.24, 2.45) is 10.4 Å². The van der Waals surface area contributed by atoms with E-state index in [1.807, 2.05) is 4.90 Å². The first-order valence-corrected chi connectivity index (χ1v) is 14.7. The summed E-state index contributed by atoms with van der Waals surface area (Å²) in [5.41, 5.74) is -0.305. The topological polar surface area (TPSA) is 134 Å². The predicted molar refractivity (Wildman–Crippen MR) is 153 cm³/mol. The molecule has 2 fully saturated rings. The molecule has 4 heterocycles. The number of aliphatic carboxylic acids is 1. The number of rotatable bonds is 9. The molecule has 42 heavy (non-hydrogen) atoms. The molecule has 2 aromatic rings. The van der Waals surface area contributed by atoms with Gasteiger partial charge < -0.3 is 24.8 Å². The maximum Gasteiger partial charge on any atom is 0.338 e. The van der Waals surface area contributed by atoms with Gasteiger partial charge in [-0.2, -0.15) is 0 Å². The minimum Gasteiger partial charge on any atom is -0.481 e. The third-order valence-corrected chi connectivity index (χ3v) is 8.66. The first-order chi connectivity index (χ1) is 20.0. The molecule has 2 N–H and O–H groups in total. The molecule has 0 aliphatic carbocycles. The van der Waals surface area contributed by atoms with E-state index in [2.05, 4.69) is 10.3 Å². The molecule has 0 saturated carbocycles. The number of carbonyl (C=O) groups is 3. The number of aliphatic imine (C=N–C) groups is 1. The van der Waals surface area contributed by atoms with Crippen LogP contribution in [0.4, 0.5) is 4.39 Å². The molecular formula is C28H31ClFN5O6S. The van der Waals surface area contributed by atoms with Crippen LogP contribution in [0, 0.1) is 11.2 Å². The van der Waals surface area contributed by atoms with Crippen molar-refractivity contribution in [3.05, 3.63) is 62.5 Å². The van der Waals surface area contributed by atoms with Crippen LogP contribution in [-0.4, -0.2) is 95.1 Å². The van der Waals surface area contributed by atoms with Gasteiger partial charge in [0.1, 0.15) is 17.9 Å². The molecule has 1 amide bonds. The Morgan fingerprint density at radius 3 is 2.83 bits per heavy atom.